The molecule has 140 valence electrons. The Morgan fingerprint density at radius 2 is 1.85 bits per heavy atom. The lowest BCUT2D eigenvalue weighted by Crippen LogP contribution is -2.39. The number of guanidine groups is 1. The highest BCUT2D eigenvalue weighted by Crippen LogP contribution is 2.23. The molecule has 0 radical (unpaired) electrons. The van der Waals surface area contributed by atoms with E-state index in [1.165, 1.54) is 5.56 Å². The van der Waals surface area contributed by atoms with E-state index in [1.54, 1.807) is 6.20 Å². The maximum absolute atomic E-state index is 10.5. The molecule has 0 saturated carbocycles. The predicted molar refractivity (Wildman–Crippen MR) is 107 cm³/mol. The molecule has 1 heterocycles. The Hall–Kier alpha value is -2.40. The molecule has 0 aliphatic rings. The molecule has 2 rings (SSSR count). The minimum atomic E-state index is -0.595. The zero-order chi connectivity index (χ0) is 19.0. The van der Waals surface area contributed by atoms with Crippen molar-refractivity contribution in [2.75, 3.05) is 13.1 Å². The Balaban J connectivity index is 1.95. The van der Waals surface area contributed by atoms with Crippen LogP contribution in [0.2, 0.25) is 0 Å². The van der Waals surface area contributed by atoms with E-state index in [4.69, 9.17) is 0 Å². The smallest absolute Gasteiger partial charge is 0.191 e. The first-order valence-electron chi connectivity index (χ1n) is 9.10. The summed E-state index contributed by atoms with van der Waals surface area (Å²) in [5.74, 6) is 0.670. The van der Waals surface area contributed by atoms with Crippen molar-refractivity contribution in [3.8, 4) is 0 Å². The standard InChI is InChI=1S/C21H30N4O/c1-5-22-20(24-14-18-8-6-7-13-23-18)25-15-19(26)16-9-11-17(12-10-16)21(2,3)4/h6-13,19,26H,5,14-15H2,1-4H3,(H2,22,24,25). The van der Waals surface area contributed by atoms with Gasteiger partial charge >= 0.3 is 0 Å². The number of aliphatic imine (C=N–C) groups is 1. The van der Waals surface area contributed by atoms with Crippen LogP contribution in [0.3, 0.4) is 0 Å². The van der Waals surface area contributed by atoms with E-state index in [9.17, 15) is 5.11 Å². The van der Waals surface area contributed by atoms with Crippen molar-refractivity contribution < 1.29 is 5.11 Å². The Morgan fingerprint density at radius 3 is 2.42 bits per heavy atom. The van der Waals surface area contributed by atoms with Gasteiger partial charge in [0, 0.05) is 19.3 Å². The van der Waals surface area contributed by atoms with E-state index in [-0.39, 0.29) is 5.41 Å². The van der Waals surface area contributed by atoms with Gasteiger partial charge in [-0.25, -0.2) is 4.99 Å². The lowest BCUT2D eigenvalue weighted by Gasteiger charge is -2.20. The average Bonchev–Trinajstić information content (AvgIpc) is 2.64. The zero-order valence-electron chi connectivity index (χ0n) is 16.2. The molecule has 0 amide bonds. The largest absolute Gasteiger partial charge is 0.387 e. The second-order valence-corrected chi connectivity index (χ2v) is 7.28. The van der Waals surface area contributed by atoms with Crippen LogP contribution in [0.4, 0.5) is 0 Å². The number of nitrogens with one attached hydrogen (secondary N) is 2. The molecular weight excluding hydrogens is 324 g/mol. The fourth-order valence-corrected chi connectivity index (χ4v) is 2.51. The van der Waals surface area contributed by atoms with E-state index < -0.39 is 6.10 Å². The minimum absolute atomic E-state index is 0.109. The monoisotopic (exact) mass is 354 g/mol. The lowest BCUT2D eigenvalue weighted by atomic mass is 9.86. The van der Waals surface area contributed by atoms with Crippen molar-refractivity contribution in [1.29, 1.82) is 0 Å². The van der Waals surface area contributed by atoms with Crippen LogP contribution in [0.25, 0.3) is 0 Å². The van der Waals surface area contributed by atoms with Crippen molar-refractivity contribution in [1.82, 2.24) is 15.6 Å². The maximum Gasteiger partial charge on any atom is 0.191 e. The molecule has 5 heteroatoms. The first-order chi connectivity index (χ1) is 12.4. The molecule has 0 fully saturated rings. The minimum Gasteiger partial charge on any atom is -0.387 e. The van der Waals surface area contributed by atoms with Gasteiger partial charge in [0.15, 0.2) is 5.96 Å². The molecule has 26 heavy (non-hydrogen) atoms. The van der Waals surface area contributed by atoms with Gasteiger partial charge in [-0.2, -0.15) is 0 Å². The molecule has 0 aliphatic heterocycles. The van der Waals surface area contributed by atoms with E-state index in [2.05, 4.69) is 53.5 Å². The molecule has 0 aliphatic carbocycles. The third-order valence-electron chi connectivity index (χ3n) is 4.09. The summed E-state index contributed by atoms with van der Waals surface area (Å²) < 4.78 is 0. The average molecular weight is 354 g/mol. The summed E-state index contributed by atoms with van der Waals surface area (Å²) in [7, 11) is 0. The summed E-state index contributed by atoms with van der Waals surface area (Å²) in [4.78, 5) is 8.79. The van der Waals surface area contributed by atoms with Crippen molar-refractivity contribution >= 4 is 5.96 Å². The zero-order valence-corrected chi connectivity index (χ0v) is 16.2. The SMILES string of the molecule is CCNC(=NCc1ccccn1)NCC(O)c1ccc(C(C)(C)C)cc1. The lowest BCUT2D eigenvalue weighted by molar-refractivity contribution is 0.181. The second-order valence-electron chi connectivity index (χ2n) is 7.28. The third kappa shape index (κ3) is 6.15. The van der Waals surface area contributed by atoms with Crippen molar-refractivity contribution in [3.63, 3.8) is 0 Å². The molecular formula is C21H30N4O. The van der Waals surface area contributed by atoms with Crippen LogP contribution < -0.4 is 10.6 Å². The third-order valence-corrected chi connectivity index (χ3v) is 4.09. The van der Waals surface area contributed by atoms with Crippen molar-refractivity contribution in [3.05, 3.63) is 65.5 Å². The molecule has 1 atom stereocenters. The molecule has 0 spiro atoms. The van der Waals surface area contributed by atoms with Crippen LogP contribution >= 0.6 is 0 Å². The molecule has 2 aromatic rings. The van der Waals surface area contributed by atoms with Crippen LogP contribution in [0.15, 0.2) is 53.7 Å². The van der Waals surface area contributed by atoms with Crippen LogP contribution in [-0.4, -0.2) is 29.1 Å². The van der Waals surface area contributed by atoms with E-state index in [0.29, 0.717) is 19.0 Å². The van der Waals surface area contributed by atoms with Gasteiger partial charge in [0.05, 0.1) is 18.3 Å². The van der Waals surface area contributed by atoms with Crippen LogP contribution in [0.5, 0.6) is 0 Å². The molecule has 1 unspecified atom stereocenters. The highest BCUT2D eigenvalue weighted by atomic mass is 16.3. The van der Waals surface area contributed by atoms with Gasteiger partial charge in [0.2, 0.25) is 0 Å². The highest BCUT2D eigenvalue weighted by molar-refractivity contribution is 5.79. The number of pyridine rings is 1. The highest BCUT2D eigenvalue weighted by Gasteiger charge is 2.14. The summed E-state index contributed by atoms with van der Waals surface area (Å²) >= 11 is 0. The first-order valence-corrected chi connectivity index (χ1v) is 9.10. The molecule has 3 N–H and O–H groups in total. The van der Waals surface area contributed by atoms with E-state index in [1.807, 2.05) is 37.3 Å². The summed E-state index contributed by atoms with van der Waals surface area (Å²) in [5, 5.41) is 16.8. The molecule has 0 bridgehead atoms. The van der Waals surface area contributed by atoms with Gasteiger partial charge in [0.25, 0.3) is 0 Å². The molecule has 5 nitrogen and oxygen atoms in total. The number of aliphatic hydroxyl groups is 1. The van der Waals surface area contributed by atoms with Gasteiger partial charge in [-0.15, -0.1) is 0 Å². The van der Waals surface area contributed by atoms with Crippen molar-refractivity contribution in [2.24, 2.45) is 4.99 Å². The predicted octanol–water partition coefficient (Wildman–Crippen LogP) is 3.17. The van der Waals surface area contributed by atoms with Gasteiger partial charge in [-0.1, -0.05) is 51.1 Å². The summed E-state index contributed by atoms with van der Waals surface area (Å²) in [5.41, 5.74) is 3.17. The number of aliphatic hydroxyl groups excluding tert-OH is 1. The Labute approximate surface area is 156 Å². The Morgan fingerprint density at radius 1 is 1.12 bits per heavy atom. The molecule has 1 aromatic heterocycles. The van der Waals surface area contributed by atoms with E-state index >= 15 is 0 Å². The Bertz CT molecular complexity index is 690. The quantitative estimate of drug-likeness (QED) is 0.550. The Kier molecular flexibility index (Phi) is 7.16. The van der Waals surface area contributed by atoms with Crippen LogP contribution in [0.1, 0.15) is 50.6 Å². The summed E-state index contributed by atoms with van der Waals surface area (Å²) in [6.07, 6.45) is 1.17. The normalized spacial score (nSPS) is 13.3. The number of benzene rings is 1. The van der Waals surface area contributed by atoms with Crippen LogP contribution in [0, 0.1) is 0 Å². The first kappa shape index (κ1) is 19.9. The molecule has 0 saturated heterocycles. The topological polar surface area (TPSA) is 69.5 Å². The summed E-state index contributed by atoms with van der Waals surface area (Å²) in [6, 6.07) is 13.9. The number of rotatable bonds is 6. The van der Waals surface area contributed by atoms with E-state index in [0.717, 1.165) is 17.8 Å². The fourth-order valence-electron chi connectivity index (χ4n) is 2.51. The van der Waals surface area contributed by atoms with Crippen molar-refractivity contribution in [2.45, 2.75) is 45.8 Å². The fraction of sp³-hybridized carbons (Fsp3) is 0.429. The van der Waals surface area contributed by atoms with Gasteiger partial charge < -0.3 is 15.7 Å². The number of aromatic nitrogens is 1. The second kappa shape index (κ2) is 9.34. The van der Waals surface area contributed by atoms with Gasteiger partial charge in [-0.05, 0) is 35.6 Å². The molecule has 1 aromatic carbocycles. The van der Waals surface area contributed by atoms with Crippen LogP contribution in [-0.2, 0) is 12.0 Å². The van der Waals surface area contributed by atoms with Gasteiger partial charge in [-0.3, -0.25) is 4.98 Å². The summed E-state index contributed by atoms with van der Waals surface area (Å²) in [6.45, 7) is 10.2. The number of hydrogen-bond donors (Lipinski definition) is 3. The maximum atomic E-state index is 10.5. The number of hydrogen-bond acceptors (Lipinski definition) is 3. The number of nitrogens with zero attached hydrogens (tertiary/aromatic N) is 2. The van der Waals surface area contributed by atoms with Gasteiger partial charge in [0.1, 0.15) is 0 Å².